The van der Waals surface area contributed by atoms with Crippen molar-refractivity contribution in [2.75, 3.05) is 19.8 Å². The van der Waals surface area contributed by atoms with Crippen molar-refractivity contribution in [1.82, 2.24) is 9.71 Å². The second-order valence-electron chi connectivity index (χ2n) is 4.18. The molecule has 0 atom stereocenters. The zero-order chi connectivity index (χ0) is 14.8. The van der Waals surface area contributed by atoms with E-state index in [1.54, 1.807) is 6.07 Å². The van der Waals surface area contributed by atoms with Gasteiger partial charge in [-0.3, -0.25) is 0 Å². The van der Waals surface area contributed by atoms with Crippen molar-refractivity contribution < 1.29 is 13.2 Å². The van der Waals surface area contributed by atoms with Crippen molar-refractivity contribution in [2.24, 2.45) is 0 Å². The van der Waals surface area contributed by atoms with Crippen molar-refractivity contribution in [3.05, 3.63) is 24.0 Å². The number of unbranched alkanes of at least 4 members (excludes halogenated alkanes) is 1. The molecule has 110 valence electrons. The first-order valence-corrected chi connectivity index (χ1v) is 8.02. The van der Waals surface area contributed by atoms with Gasteiger partial charge in [-0.25, -0.2) is 18.1 Å². The van der Waals surface area contributed by atoms with Gasteiger partial charge < -0.3 is 4.74 Å². The van der Waals surface area contributed by atoms with Gasteiger partial charge in [0, 0.05) is 26.0 Å². The zero-order valence-corrected chi connectivity index (χ0v) is 12.3. The van der Waals surface area contributed by atoms with Crippen LogP contribution < -0.4 is 4.72 Å². The van der Waals surface area contributed by atoms with Crippen LogP contribution in [0.3, 0.4) is 0 Å². The predicted molar refractivity (Wildman–Crippen MR) is 74.5 cm³/mol. The van der Waals surface area contributed by atoms with Gasteiger partial charge in [-0.1, -0.05) is 13.3 Å². The second kappa shape index (κ2) is 8.64. The highest BCUT2D eigenvalue weighted by molar-refractivity contribution is 7.89. The first-order valence-electron chi connectivity index (χ1n) is 6.54. The number of aromatic nitrogens is 1. The molecule has 1 aromatic heterocycles. The Balaban J connectivity index is 2.45. The molecule has 0 aromatic carbocycles. The summed E-state index contributed by atoms with van der Waals surface area (Å²) in [5, 5.41) is 8.85. The summed E-state index contributed by atoms with van der Waals surface area (Å²) in [5.74, 6) is 0. The molecule has 1 aromatic rings. The fourth-order valence-electron chi connectivity index (χ4n) is 1.50. The fraction of sp³-hybridized carbons (Fsp3) is 0.538. The third-order valence-corrected chi connectivity index (χ3v) is 4.06. The van der Waals surface area contributed by atoms with Crippen LogP contribution in [0.2, 0.25) is 0 Å². The minimum Gasteiger partial charge on any atom is -0.381 e. The van der Waals surface area contributed by atoms with Crippen LogP contribution in [0.4, 0.5) is 0 Å². The van der Waals surface area contributed by atoms with Gasteiger partial charge in [0.2, 0.25) is 10.0 Å². The summed E-state index contributed by atoms with van der Waals surface area (Å²) >= 11 is 0. The van der Waals surface area contributed by atoms with Gasteiger partial charge in [0.25, 0.3) is 0 Å². The number of rotatable bonds is 9. The lowest BCUT2D eigenvalue weighted by Gasteiger charge is -2.07. The molecule has 0 unspecified atom stereocenters. The maximum absolute atomic E-state index is 12.0. The van der Waals surface area contributed by atoms with E-state index in [1.807, 2.05) is 0 Å². The Morgan fingerprint density at radius 1 is 1.40 bits per heavy atom. The number of nitriles is 1. The topological polar surface area (TPSA) is 92.1 Å². The van der Waals surface area contributed by atoms with Gasteiger partial charge in [-0.15, -0.1) is 0 Å². The lowest BCUT2D eigenvalue weighted by molar-refractivity contribution is 0.130. The van der Waals surface area contributed by atoms with Gasteiger partial charge in [0.15, 0.2) is 5.69 Å². The van der Waals surface area contributed by atoms with Crippen LogP contribution in [0.15, 0.2) is 23.2 Å². The molecule has 0 amide bonds. The fourth-order valence-corrected chi connectivity index (χ4v) is 2.68. The van der Waals surface area contributed by atoms with Crippen molar-refractivity contribution >= 4 is 10.0 Å². The van der Waals surface area contributed by atoms with E-state index in [9.17, 15) is 8.42 Å². The highest BCUT2D eigenvalue weighted by atomic mass is 32.2. The van der Waals surface area contributed by atoms with Crippen LogP contribution in [0.5, 0.6) is 0 Å². The molecule has 6 nitrogen and oxygen atoms in total. The molecule has 0 bridgehead atoms. The smallest absolute Gasteiger partial charge is 0.243 e. The van der Waals surface area contributed by atoms with Crippen molar-refractivity contribution in [3.63, 3.8) is 0 Å². The average molecular weight is 297 g/mol. The van der Waals surface area contributed by atoms with Gasteiger partial charge >= 0.3 is 0 Å². The van der Waals surface area contributed by atoms with Crippen LogP contribution in [0, 0.1) is 11.3 Å². The lowest BCUT2D eigenvalue weighted by atomic mass is 10.4. The molecule has 20 heavy (non-hydrogen) atoms. The van der Waals surface area contributed by atoms with E-state index in [1.165, 1.54) is 18.3 Å². The minimum atomic E-state index is -3.69. The lowest BCUT2D eigenvalue weighted by Crippen LogP contribution is -2.26. The molecule has 0 radical (unpaired) electrons. The summed E-state index contributed by atoms with van der Waals surface area (Å²) in [5.41, 5.74) is -0.0980. The van der Waals surface area contributed by atoms with Crippen molar-refractivity contribution in [2.45, 2.75) is 31.1 Å². The van der Waals surface area contributed by atoms with Crippen LogP contribution in [0.25, 0.3) is 0 Å². The standard InChI is InChI=1S/C13H19N3O3S/c1-2-3-9-19-10-5-8-16-20(17,18)13-6-4-7-15-12(13)11-14/h4,6-7,16H,2-3,5,8-10H2,1H3. The molecule has 7 heteroatoms. The maximum atomic E-state index is 12.0. The molecule has 0 fully saturated rings. The third kappa shape index (κ3) is 5.25. The number of hydrogen-bond acceptors (Lipinski definition) is 5. The quantitative estimate of drug-likeness (QED) is 0.696. The maximum Gasteiger partial charge on any atom is 0.243 e. The highest BCUT2D eigenvalue weighted by Gasteiger charge is 2.18. The van der Waals surface area contributed by atoms with Gasteiger partial charge in [-0.2, -0.15) is 5.26 Å². The van der Waals surface area contributed by atoms with Gasteiger partial charge in [0.05, 0.1) is 0 Å². The Labute approximate surface area is 119 Å². The average Bonchev–Trinajstić information content (AvgIpc) is 2.46. The molecule has 0 saturated carbocycles. The molecule has 1 heterocycles. The molecule has 0 aliphatic rings. The molecule has 0 saturated heterocycles. The number of nitrogens with one attached hydrogen (secondary N) is 1. The monoisotopic (exact) mass is 297 g/mol. The summed E-state index contributed by atoms with van der Waals surface area (Å²) in [4.78, 5) is 3.65. The van der Waals surface area contributed by atoms with E-state index < -0.39 is 10.0 Å². The van der Waals surface area contributed by atoms with E-state index in [0.717, 1.165) is 12.8 Å². The summed E-state index contributed by atoms with van der Waals surface area (Å²) in [7, 11) is -3.69. The van der Waals surface area contributed by atoms with Crippen molar-refractivity contribution in [1.29, 1.82) is 5.26 Å². The number of pyridine rings is 1. The normalized spacial score (nSPS) is 11.2. The number of ether oxygens (including phenoxy) is 1. The van der Waals surface area contributed by atoms with Crippen molar-refractivity contribution in [3.8, 4) is 6.07 Å². The Hall–Kier alpha value is -1.49. The van der Waals surface area contributed by atoms with Crippen LogP contribution in [0.1, 0.15) is 31.9 Å². The largest absolute Gasteiger partial charge is 0.381 e. The van der Waals surface area contributed by atoms with Crippen LogP contribution >= 0.6 is 0 Å². The Bertz CT molecular complexity index is 552. The van der Waals surface area contributed by atoms with E-state index >= 15 is 0 Å². The Kier molecular flexibility index (Phi) is 7.15. The van der Waals surface area contributed by atoms with E-state index in [-0.39, 0.29) is 17.1 Å². The van der Waals surface area contributed by atoms with Gasteiger partial charge in [-0.05, 0) is 25.0 Å². The summed E-state index contributed by atoms with van der Waals surface area (Å²) in [6.45, 7) is 3.57. The Morgan fingerprint density at radius 2 is 2.15 bits per heavy atom. The number of sulfonamides is 1. The van der Waals surface area contributed by atoms with E-state index in [2.05, 4.69) is 16.6 Å². The van der Waals surface area contributed by atoms with E-state index in [4.69, 9.17) is 10.00 Å². The highest BCUT2D eigenvalue weighted by Crippen LogP contribution is 2.11. The molecule has 1 N–H and O–H groups in total. The second-order valence-corrected chi connectivity index (χ2v) is 5.91. The first-order chi connectivity index (χ1) is 9.61. The summed E-state index contributed by atoms with van der Waals surface area (Å²) in [6.07, 6.45) is 4.06. The predicted octanol–water partition coefficient (Wildman–Crippen LogP) is 1.44. The molecule has 0 spiro atoms. The summed E-state index contributed by atoms with van der Waals surface area (Å²) < 4.78 is 31.8. The van der Waals surface area contributed by atoms with Gasteiger partial charge in [0.1, 0.15) is 11.0 Å². The minimum absolute atomic E-state index is 0.0885. The number of nitrogens with zero attached hydrogens (tertiary/aromatic N) is 2. The number of hydrogen-bond donors (Lipinski definition) is 1. The molecule has 0 aliphatic carbocycles. The molecular weight excluding hydrogens is 278 g/mol. The first kappa shape index (κ1) is 16.6. The van der Waals surface area contributed by atoms with E-state index in [0.29, 0.717) is 19.6 Å². The third-order valence-electron chi connectivity index (χ3n) is 2.57. The summed E-state index contributed by atoms with van der Waals surface area (Å²) in [6, 6.07) is 4.63. The molecular formula is C13H19N3O3S. The van der Waals surface area contributed by atoms with Crippen LogP contribution in [-0.4, -0.2) is 33.2 Å². The molecule has 1 rings (SSSR count). The Morgan fingerprint density at radius 3 is 2.85 bits per heavy atom. The molecule has 0 aliphatic heterocycles. The zero-order valence-electron chi connectivity index (χ0n) is 11.5. The van der Waals surface area contributed by atoms with Crippen LogP contribution in [-0.2, 0) is 14.8 Å². The SMILES string of the molecule is CCCCOCCCNS(=O)(=O)c1cccnc1C#N.